The van der Waals surface area contributed by atoms with Gasteiger partial charge in [-0.15, -0.1) is 0 Å². The van der Waals surface area contributed by atoms with Crippen LogP contribution >= 0.6 is 7.60 Å². The first-order valence-electron chi connectivity index (χ1n) is 6.82. The summed E-state index contributed by atoms with van der Waals surface area (Å²) in [6.45, 7) is 6.30. The van der Waals surface area contributed by atoms with E-state index in [0.717, 1.165) is 0 Å². The molecule has 24 heavy (non-hydrogen) atoms. The van der Waals surface area contributed by atoms with E-state index in [2.05, 4.69) is 0 Å². The molecule has 0 spiro atoms. The number of hydrogen-bond donors (Lipinski definition) is 0. The minimum absolute atomic E-state index is 0. The van der Waals surface area contributed by atoms with Crippen molar-refractivity contribution in [3.8, 4) is 0 Å². The number of hydrogen-bond acceptors (Lipinski definition) is 10. The maximum absolute atomic E-state index is 12.7. The van der Waals surface area contributed by atoms with Crippen LogP contribution in [0.4, 0.5) is 0 Å². The van der Waals surface area contributed by atoms with Gasteiger partial charge in [-0.1, -0.05) is 22.9 Å². The molecule has 0 atom stereocenters. The molecule has 0 aliphatic rings. The molecule has 0 aromatic carbocycles. The fraction of sp³-hybridized carbons (Fsp3) is 1.00. The molecule has 0 aromatic heterocycles. The summed E-state index contributed by atoms with van der Waals surface area (Å²) in [4.78, 5) is 0. The van der Waals surface area contributed by atoms with Gasteiger partial charge in [0, 0.05) is 0 Å². The van der Waals surface area contributed by atoms with E-state index in [-0.39, 0.29) is 67.0 Å². The second kappa shape index (κ2) is 13.2. The molecule has 1 N–H and O–H groups in total. The van der Waals surface area contributed by atoms with Gasteiger partial charge in [0.25, 0.3) is 10.1 Å². The van der Waals surface area contributed by atoms with Crippen molar-refractivity contribution in [2.24, 2.45) is 0 Å². The Morgan fingerprint density at radius 2 is 1.54 bits per heavy atom. The third-order valence-corrected chi connectivity index (χ3v) is 7.33. The minimum atomic E-state index is -3.91. The standard InChI is InChI=1S/C11H24O8PS2.Na.H2O/c1-5-17-20(12,18-6-2)11(3,4)10-19-22(15,16)9-7-8-21(13)14;;/h5-10H2,1-4H3;;1H2/q-1;+1;/p-1. The second-order valence-corrected chi connectivity index (χ2v) is 10.5. The van der Waals surface area contributed by atoms with Crippen molar-refractivity contribution in [2.75, 3.05) is 31.3 Å². The van der Waals surface area contributed by atoms with Crippen LogP contribution in [0.5, 0.6) is 0 Å². The Balaban J connectivity index is -0.00000220. The minimum Gasteiger partial charge on any atom is -0.870 e. The maximum atomic E-state index is 12.7. The van der Waals surface area contributed by atoms with Crippen molar-refractivity contribution < 1.29 is 69.7 Å². The fourth-order valence-electron chi connectivity index (χ4n) is 1.45. The molecule has 0 aliphatic heterocycles. The summed E-state index contributed by atoms with van der Waals surface area (Å²) in [6, 6.07) is 0. The summed E-state index contributed by atoms with van der Waals surface area (Å²) in [5, 5.41) is -1.16. The van der Waals surface area contributed by atoms with Crippen molar-refractivity contribution in [3.05, 3.63) is 0 Å². The second-order valence-electron chi connectivity index (χ2n) is 5.03. The summed E-state index contributed by atoms with van der Waals surface area (Å²) in [5.41, 5.74) is 0. The topological polar surface area (TPSA) is 143 Å². The van der Waals surface area contributed by atoms with Crippen LogP contribution in [0.15, 0.2) is 0 Å². The predicted octanol–water partition coefficient (Wildman–Crippen LogP) is -1.10. The monoisotopic (exact) mass is 419 g/mol. The number of rotatable bonds is 12. The smallest absolute Gasteiger partial charge is 0.870 e. The average Bonchev–Trinajstić information content (AvgIpc) is 2.36. The zero-order chi connectivity index (χ0) is 17.4. The molecule has 9 nitrogen and oxygen atoms in total. The summed E-state index contributed by atoms with van der Waals surface area (Å²) < 4.78 is 72.0. The van der Waals surface area contributed by atoms with Crippen LogP contribution < -0.4 is 29.6 Å². The van der Waals surface area contributed by atoms with Crippen molar-refractivity contribution in [1.29, 1.82) is 0 Å². The zero-order valence-electron chi connectivity index (χ0n) is 14.7. The Labute approximate surface area is 168 Å². The average molecular weight is 419 g/mol. The van der Waals surface area contributed by atoms with Gasteiger partial charge in [0.2, 0.25) is 0 Å². The van der Waals surface area contributed by atoms with Gasteiger partial charge in [-0.3, -0.25) is 8.75 Å². The van der Waals surface area contributed by atoms with Crippen LogP contribution in [0.2, 0.25) is 0 Å². The van der Waals surface area contributed by atoms with E-state index in [0.29, 0.717) is 0 Å². The quantitative estimate of drug-likeness (QED) is 0.167. The molecule has 0 amide bonds. The molecule has 0 aromatic rings. The van der Waals surface area contributed by atoms with E-state index >= 15 is 0 Å². The zero-order valence-corrected chi connectivity index (χ0v) is 19.2. The molecule has 0 saturated heterocycles. The van der Waals surface area contributed by atoms with Gasteiger partial charge in [0.1, 0.15) is 0 Å². The van der Waals surface area contributed by atoms with Crippen LogP contribution in [-0.4, -0.2) is 50.4 Å². The molecule has 0 bridgehead atoms. The third kappa shape index (κ3) is 10.8. The van der Waals surface area contributed by atoms with E-state index in [1.54, 1.807) is 13.8 Å². The molecule has 0 saturated carbocycles. The first kappa shape index (κ1) is 29.7. The molecule has 0 rings (SSSR count). The largest absolute Gasteiger partial charge is 1.00 e. The fourth-order valence-corrected chi connectivity index (χ4v) is 4.87. The summed E-state index contributed by atoms with van der Waals surface area (Å²) in [6.07, 6.45) is -0.0620. The molecule has 13 heteroatoms. The van der Waals surface area contributed by atoms with Gasteiger partial charge in [0.05, 0.1) is 30.7 Å². The van der Waals surface area contributed by atoms with Crippen molar-refractivity contribution in [2.45, 2.75) is 39.3 Å². The van der Waals surface area contributed by atoms with Crippen molar-refractivity contribution in [3.63, 3.8) is 0 Å². The normalized spacial score (nSPS) is 12.5. The molecular weight excluding hydrogens is 394 g/mol. The van der Waals surface area contributed by atoms with Gasteiger partial charge >= 0.3 is 37.2 Å². The molecule has 0 heterocycles. The Morgan fingerprint density at radius 1 is 1.08 bits per heavy atom. The van der Waals surface area contributed by atoms with Crippen LogP contribution in [0.1, 0.15) is 34.1 Å². The van der Waals surface area contributed by atoms with Gasteiger partial charge < -0.3 is 22.9 Å². The summed E-state index contributed by atoms with van der Waals surface area (Å²) >= 11 is 0. The summed E-state index contributed by atoms with van der Waals surface area (Å²) in [7, 11) is -9.74. The van der Waals surface area contributed by atoms with Crippen LogP contribution in [0.3, 0.4) is 0 Å². The van der Waals surface area contributed by atoms with E-state index in [1.807, 2.05) is 0 Å². The predicted molar refractivity (Wildman–Crippen MR) is 84.8 cm³/mol. The van der Waals surface area contributed by atoms with E-state index in [9.17, 15) is 21.4 Å². The Kier molecular flexibility index (Phi) is 16.3. The van der Waals surface area contributed by atoms with Crippen molar-refractivity contribution in [1.82, 2.24) is 0 Å². The van der Waals surface area contributed by atoms with Crippen LogP contribution in [0.25, 0.3) is 0 Å². The van der Waals surface area contributed by atoms with Gasteiger partial charge in [-0.2, -0.15) is 8.42 Å². The Hall–Kier alpha value is 0.970. The van der Waals surface area contributed by atoms with Crippen LogP contribution in [0, 0.1) is 0 Å². The molecule has 0 fully saturated rings. The van der Waals surface area contributed by atoms with E-state index in [4.69, 9.17) is 13.2 Å². The SMILES string of the molecule is CCOP(=O)(OCC)C(C)(C)COS(=O)(=O)CCC[S-](=O)=O.[Na+].[OH-]. The first-order valence-corrected chi connectivity index (χ1v) is 11.2. The Bertz CT molecular complexity index is 542. The van der Waals surface area contributed by atoms with E-state index in [1.165, 1.54) is 13.8 Å². The molecule has 0 unspecified atom stereocenters. The molecule has 142 valence electrons. The Morgan fingerprint density at radius 3 is 1.92 bits per heavy atom. The molecule has 0 aliphatic carbocycles. The van der Waals surface area contributed by atoms with Gasteiger partial charge in [0.15, 0.2) is 0 Å². The van der Waals surface area contributed by atoms with Crippen LogP contribution in [-0.2, 0) is 47.0 Å². The summed E-state index contributed by atoms with van der Waals surface area (Å²) in [5.74, 6) is -0.688. The van der Waals surface area contributed by atoms with E-state index < -0.39 is 39.3 Å². The van der Waals surface area contributed by atoms with Crippen molar-refractivity contribution >= 4 is 28.4 Å². The molecular formula is C11H25NaO9PS2-. The first-order chi connectivity index (χ1) is 9.99. The van der Waals surface area contributed by atoms with Gasteiger partial charge in [-0.25, -0.2) is 0 Å². The van der Waals surface area contributed by atoms with Gasteiger partial charge in [-0.05, 0) is 27.7 Å². The third-order valence-electron chi connectivity index (χ3n) is 2.64. The maximum Gasteiger partial charge on any atom is 1.00 e. The molecule has 0 radical (unpaired) electrons.